The quantitative estimate of drug-likeness (QED) is 0.923. The van der Waals surface area contributed by atoms with E-state index in [0.29, 0.717) is 18.1 Å². The van der Waals surface area contributed by atoms with E-state index >= 15 is 0 Å². The number of nitrogens with zero attached hydrogens (tertiary/aromatic N) is 4. The van der Waals surface area contributed by atoms with Gasteiger partial charge in [-0.15, -0.1) is 0 Å². The van der Waals surface area contributed by atoms with Gasteiger partial charge in [-0.25, -0.2) is 9.67 Å². The number of thioether (sulfide) groups is 1. The Morgan fingerprint density at radius 1 is 1.38 bits per heavy atom. The molecule has 1 aliphatic heterocycles. The van der Waals surface area contributed by atoms with Crippen molar-refractivity contribution in [2.24, 2.45) is 0 Å². The molecule has 2 aromatic rings. The van der Waals surface area contributed by atoms with Gasteiger partial charge in [0.25, 0.3) is 5.24 Å². The van der Waals surface area contributed by atoms with Gasteiger partial charge in [-0.05, 0) is 18.2 Å². The summed E-state index contributed by atoms with van der Waals surface area (Å²) in [5.74, 6) is 1.03. The fourth-order valence-corrected chi connectivity index (χ4v) is 2.83. The molecule has 108 valence electrons. The zero-order valence-electron chi connectivity index (χ0n) is 11.1. The molecule has 3 heterocycles. The lowest BCUT2D eigenvalue weighted by Gasteiger charge is -2.15. The largest absolute Gasteiger partial charge is 0.323 e. The van der Waals surface area contributed by atoms with Crippen molar-refractivity contribution in [3.8, 4) is 5.82 Å². The molecule has 1 saturated heterocycles. The zero-order valence-corrected chi connectivity index (χ0v) is 11.9. The van der Waals surface area contributed by atoms with Crippen LogP contribution >= 0.6 is 11.8 Å². The van der Waals surface area contributed by atoms with Gasteiger partial charge >= 0.3 is 0 Å². The smallest absolute Gasteiger partial charge is 0.282 e. The second-order valence-electron chi connectivity index (χ2n) is 4.41. The first-order chi connectivity index (χ1) is 10.2. The standard InChI is InChI=1S/C13H13N5O2S/c19-11(9-17-7-8-21-13(17)20)16-10-3-1-4-14-12(10)18-6-2-5-15-18/h1-6H,7-9H2,(H,16,19). The molecular weight excluding hydrogens is 290 g/mol. The SMILES string of the molecule is O=C(CN1CCSC1=O)Nc1cccnc1-n1cccn1. The molecule has 1 fully saturated rings. The van der Waals surface area contributed by atoms with E-state index in [0.717, 1.165) is 5.75 Å². The third-order valence-electron chi connectivity index (χ3n) is 2.96. The lowest BCUT2D eigenvalue weighted by Crippen LogP contribution is -2.33. The minimum atomic E-state index is -0.243. The van der Waals surface area contributed by atoms with Crippen molar-refractivity contribution in [2.75, 3.05) is 24.2 Å². The predicted molar refractivity (Wildman–Crippen MR) is 79.4 cm³/mol. The van der Waals surface area contributed by atoms with Gasteiger partial charge in [0.1, 0.15) is 6.54 Å². The van der Waals surface area contributed by atoms with E-state index in [1.54, 1.807) is 41.5 Å². The minimum Gasteiger partial charge on any atom is -0.323 e. The lowest BCUT2D eigenvalue weighted by atomic mass is 10.3. The lowest BCUT2D eigenvalue weighted by molar-refractivity contribution is -0.116. The first kappa shape index (κ1) is 13.6. The summed E-state index contributed by atoms with van der Waals surface area (Å²) in [5, 5.41) is 6.83. The van der Waals surface area contributed by atoms with Crippen LogP contribution in [0.3, 0.4) is 0 Å². The van der Waals surface area contributed by atoms with Crippen LogP contribution < -0.4 is 5.32 Å². The number of anilines is 1. The Morgan fingerprint density at radius 2 is 2.29 bits per heavy atom. The summed E-state index contributed by atoms with van der Waals surface area (Å²) in [6.07, 6.45) is 5.02. The van der Waals surface area contributed by atoms with Crippen LogP contribution in [-0.4, -0.2) is 49.7 Å². The third-order valence-corrected chi connectivity index (χ3v) is 3.85. The van der Waals surface area contributed by atoms with Gasteiger partial charge in [0.05, 0.1) is 5.69 Å². The maximum absolute atomic E-state index is 12.1. The summed E-state index contributed by atoms with van der Waals surface area (Å²) in [4.78, 5) is 29.3. The zero-order chi connectivity index (χ0) is 14.7. The monoisotopic (exact) mass is 303 g/mol. The van der Waals surface area contributed by atoms with Crippen LogP contribution in [0.1, 0.15) is 0 Å². The number of hydrogen-bond acceptors (Lipinski definition) is 5. The van der Waals surface area contributed by atoms with Crippen molar-refractivity contribution in [1.29, 1.82) is 0 Å². The summed E-state index contributed by atoms with van der Waals surface area (Å²) in [6, 6.07) is 5.27. The Balaban J connectivity index is 1.73. The predicted octanol–water partition coefficient (Wildman–Crippen LogP) is 1.37. The first-order valence-electron chi connectivity index (χ1n) is 6.40. The van der Waals surface area contributed by atoms with E-state index in [1.165, 1.54) is 16.7 Å². The van der Waals surface area contributed by atoms with Gasteiger partial charge in [0.15, 0.2) is 5.82 Å². The average molecular weight is 303 g/mol. The van der Waals surface area contributed by atoms with Crippen LogP contribution in [0, 0.1) is 0 Å². The Kier molecular flexibility index (Phi) is 3.87. The van der Waals surface area contributed by atoms with E-state index in [2.05, 4.69) is 15.4 Å². The van der Waals surface area contributed by atoms with Gasteiger partial charge in [0.2, 0.25) is 5.91 Å². The third kappa shape index (κ3) is 3.05. The summed E-state index contributed by atoms with van der Waals surface area (Å²) in [5.41, 5.74) is 0.561. The fourth-order valence-electron chi connectivity index (χ4n) is 2.00. The molecule has 2 aromatic heterocycles. The van der Waals surface area contributed by atoms with Crippen molar-refractivity contribution in [3.63, 3.8) is 0 Å². The summed E-state index contributed by atoms with van der Waals surface area (Å²) < 4.78 is 1.58. The molecule has 3 rings (SSSR count). The van der Waals surface area contributed by atoms with Crippen molar-refractivity contribution in [3.05, 3.63) is 36.8 Å². The van der Waals surface area contributed by atoms with Crippen LogP contribution in [0.25, 0.3) is 5.82 Å². The molecule has 0 unspecified atom stereocenters. The average Bonchev–Trinajstić information content (AvgIpc) is 3.12. The molecule has 0 aliphatic carbocycles. The van der Waals surface area contributed by atoms with Gasteiger partial charge in [-0.3, -0.25) is 9.59 Å². The highest BCUT2D eigenvalue weighted by Crippen LogP contribution is 2.18. The number of rotatable bonds is 4. The molecule has 1 aliphatic rings. The van der Waals surface area contributed by atoms with Crippen molar-refractivity contribution < 1.29 is 9.59 Å². The highest BCUT2D eigenvalue weighted by atomic mass is 32.2. The van der Waals surface area contributed by atoms with Crippen molar-refractivity contribution in [2.45, 2.75) is 0 Å². The highest BCUT2D eigenvalue weighted by molar-refractivity contribution is 8.13. The first-order valence-corrected chi connectivity index (χ1v) is 7.39. The number of nitrogens with one attached hydrogen (secondary N) is 1. The van der Waals surface area contributed by atoms with Gasteiger partial charge in [0, 0.05) is 30.9 Å². The molecule has 0 radical (unpaired) electrons. The normalized spacial score (nSPS) is 14.5. The molecule has 8 heteroatoms. The van der Waals surface area contributed by atoms with Crippen LogP contribution in [0.5, 0.6) is 0 Å². The number of carbonyl (C=O) groups is 2. The van der Waals surface area contributed by atoms with E-state index in [9.17, 15) is 9.59 Å². The second kappa shape index (κ2) is 5.96. The fraction of sp³-hybridized carbons (Fsp3) is 0.231. The topological polar surface area (TPSA) is 80.1 Å². The molecule has 0 spiro atoms. The summed E-state index contributed by atoms with van der Waals surface area (Å²) in [7, 11) is 0. The van der Waals surface area contributed by atoms with Crippen LogP contribution in [0.2, 0.25) is 0 Å². The molecule has 0 saturated carbocycles. The van der Waals surface area contributed by atoms with E-state index in [-0.39, 0.29) is 17.7 Å². The number of carbonyl (C=O) groups excluding carboxylic acids is 2. The number of hydrogen-bond donors (Lipinski definition) is 1. The van der Waals surface area contributed by atoms with Crippen molar-refractivity contribution in [1.82, 2.24) is 19.7 Å². The number of pyridine rings is 1. The highest BCUT2D eigenvalue weighted by Gasteiger charge is 2.23. The van der Waals surface area contributed by atoms with Crippen LogP contribution in [0.15, 0.2) is 36.8 Å². The van der Waals surface area contributed by atoms with E-state index in [4.69, 9.17) is 0 Å². The molecular formula is C13H13N5O2S. The van der Waals surface area contributed by atoms with Gasteiger partial charge in [-0.2, -0.15) is 5.10 Å². The minimum absolute atomic E-state index is 0.0522. The van der Waals surface area contributed by atoms with Crippen LogP contribution in [-0.2, 0) is 4.79 Å². The number of amides is 2. The molecule has 21 heavy (non-hydrogen) atoms. The van der Waals surface area contributed by atoms with E-state index < -0.39 is 0 Å². The van der Waals surface area contributed by atoms with Gasteiger partial charge in [-0.1, -0.05) is 11.8 Å². The Morgan fingerprint density at radius 3 is 3.00 bits per heavy atom. The molecule has 1 N–H and O–H groups in total. The maximum atomic E-state index is 12.1. The summed E-state index contributed by atoms with van der Waals surface area (Å²) >= 11 is 1.24. The molecule has 2 amide bonds. The Hall–Kier alpha value is -2.35. The van der Waals surface area contributed by atoms with Crippen molar-refractivity contribution >= 4 is 28.6 Å². The molecule has 0 aromatic carbocycles. The Labute approximate surface area is 125 Å². The molecule has 0 atom stereocenters. The van der Waals surface area contributed by atoms with Gasteiger partial charge < -0.3 is 10.2 Å². The van der Waals surface area contributed by atoms with E-state index in [1.807, 2.05) is 0 Å². The number of aromatic nitrogens is 3. The Bertz CT molecular complexity index is 658. The van der Waals surface area contributed by atoms with Crippen LogP contribution in [0.4, 0.5) is 10.5 Å². The molecule has 7 nitrogen and oxygen atoms in total. The summed E-state index contributed by atoms with van der Waals surface area (Å²) in [6.45, 7) is 0.662. The molecule has 0 bridgehead atoms. The second-order valence-corrected chi connectivity index (χ2v) is 5.46. The maximum Gasteiger partial charge on any atom is 0.282 e.